The monoisotopic (exact) mass is 379 g/mol. The van der Waals surface area contributed by atoms with Gasteiger partial charge in [0.1, 0.15) is 6.54 Å². The van der Waals surface area contributed by atoms with E-state index in [2.05, 4.69) is 10.5 Å². The Bertz CT molecular complexity index is 866. The first kappa shape index (κ1) is 19.0. The number of hydrogen-bond donors (Lipinski definition) is 1. The molecule has 6 nitrogen and oxygen atoms in total. The summed E-state index contributed by atoms with van der Waals surface area (Å²) in [4.78, 5) is 12.1. The zero-order chi connectivity index (χ0) is 18.4. The van der Waals surface area contributed by atoms with Gasteiger partial charge in [-0.15, -0.1) is 0 Å². The number of carbonyl (C=O) groups excluding carboxylic acids is 1. The highest BCUT2D eigenvalue weighted by molar-refractivity contribution is 7.92. The molecule has 0 unspecified atom stereocenters. The molecule has 0 fully saturated rings. The van der Waals surface area contributed by atoms with Gasteiger partial charge in [0.2, 0.25) is 10.0 Å². The van der Waals surface area contributed by atoms with E-state index in [0.717, 1.165) is 16.1 Å². The van der Waals surface area contributed by atoms with Crippen molar-refractivity contribution in [3.8, 4) is 0 Å². The molecule has 8 heteroatoms. The van der Waals surface area contributed by atoms with E-state index >= 15 is 0 Å². The van der Waals surface area contributed by atoms with Crippen molar-refractivity contribution in [2.45, 2.75) is 6.92 Å². The van der Waals surface area contributed by atoms with Crippen molar-refractivity contribution in [1.29, 1.82) is 0 Å². The maximum atomic E-state index is 12.1. The molecule has 2 aromatic carbocycles. The number of carbonyl (C=O) groups is 1. The minimum Gasteiger partial charge on any atom is -0.271 e. The molecule has 0 saturated carbocycles. The van der Waals surface area contributed by atoms with E-state index in [0.29, 0.717) is 16.4 Å². The van der Waals surface area contributed by atoms with Crippen LogP contribution in [0.15, 0.2) is 59.7 Å². The lowest BCUT2D eigenvalue weighted by Crippen LogP contribution is -2.39. The average Bonchev–Trinajstić information content (AvgIpc) is 2.58. The van der Waals surface area contributed by atoms with Gasteiger partial charge in [0.15, 0.2) is 0 Å². The number of hydrogen-bond acceptors (Lipinski definition) is 4. The Morgan fingerprint density at radius 2 is 1.72 bits per heavy atom. The van der Waals surface area contributed by atoms with Gasteiger partial charge in [-0.1, -0.05) is 41.9 Å². The Kier molecular flexibility index (Phi) is 6.17. The molecule has 0 bridgehead atoms. The fraction of sp³-hybridized carbons (Fsp3) is 0.176. The fourth-order valence-corrected chi connectivity index (χ4v) is 3.04. The third-order valence-corrected chi connectivity index (χ3v) is 4.73. The van der Waals surface area contributed by atoms with E-state index in [-0.39, 0.29) is 6.54 Å². The molecular weight excluding hydrogens is 362 g/mol. The summed E-state index contributed by atoms with van der Waals surface area (Å²) in [5.74, 6) is -0.539. The standard InChI is InChI=1S/C17H18ClN3O3S/c1-13(14-8-10-15(18)11-9-14)19-20-17(22)12-21(25(2,23)24)16-6-4-3-5-7-16/h3-11H,12H2,1-2H3,(H,20,22)/b19-13-. The van der Waals surface area contributed by atoms with Crippen molar-refractivity contribution >= 4 is 38.9 Å². The summed E-state index contributed by atoms with van der Waals surface area (Å²) in [6, 6.07) is 15.4. The molecular formula is C17H18ClN3O3S. The van der Waals surface area contributed by atoms with E-state index in [9.17, 15) is 13.2 Å². The van der Waals surface area contributed by atoms with Gasteiger partial charge in [-0.3, -0.25) is 9.10 Å². The van der Waals surface area contributed by atoms with Crippen LogP contribution in [0.25, 0.3) is 0 Å². The normalized spacial score (nSPS) is 11.9. The lowest BCUT2D eigenvalue weighted by Gasteiger charge is -2.21. The second kappa shape index (κ2) is 8.13. The van der Waals surface area contributed by atoms with Gasteiger partial charge in [0, 0.05) is 5.02 Å². The van der Waals surface area contributed by atoms with Crippen LogP contribution >= 0.6 is 11.6 Å². The number of rotatable bonds is 6. The third kappa shape index (κ3) is 5.58. The van der Waals surface area contributed by atoms with Crippen LogP contribution in [0.2, 0.25) is 5.02 Å². The molecule has 0 aliphatic heterocycles. The van der Waals surface area contributed by atoms with Crippen molar-refractivity contribution < 1.29 is 13.2 Å². The molecule has 132 valence electrons. The van der Waals surface area contributed by atoms with Crippen molar-refractivity contribution in [1.82, 2.24) is 5.43 Å². The molecule has 2 rings (SSSR count). The Balaban J connectivity index is 2.09. The van der Waals surface area contributed by atoms with Crippen LogP contribution in [-0.4, -0.2) is 32.8 Å². The lowest BCUT2D eigenvalue weighted by molar-refractivity contribution is -0.119. The van der Waals surface area contributed by atoms with E-state index in [1.165, 1.54) is 0 Å². The average molecular weight is 380 g/mol. The summed E-state index contributed by atoms with van der Waals surface area (Å²) in [5.41, 5.74) is 4.17. The van der Waals surface area contributed by atoms with E-state index in [4.69, 9.17) is 11.6 Å². The molecule has 0 radical (unpaired) electrons. The zero-order valence-corrected chi connectivity index (χ0v) is 15.4. The van der Waals surface area contributed by atoms with Crippen molar-refractivity contribution in [2.24, 2.45) is 5.10 Å². The third-order valence-electron chi connectivity index (χ3n) is 3.34. The first-order valence-electron chi connectivity index (χ1n) is 7.39. The summed E-state index contributed by atoms with van der Waals surface area (Å²) in [6.07, 6.45) is 1.05. The van der Waals surface area contributed by atoms with Gasteiger partial charge in [0.25, 0.3) is 5.91 Å². The smallest absolute Gasteiger partial charge is 0.260 e. The summed E-state index contributed by atoms with van der Waals surface area (Å²) >= 11 is 5.83. The molecule has 1 amide bonds. The highest BCUT2D eigenvalue weighted by atomic mass is 35.5. The minimum atomic E-state index is -3.60. The number of halogens is 1. The number of nitrogens with zero attached hydrogens (tertiary/aromatic N) is 2. The first-order chi connectivity index (χ1) is 11.8. The lowest BCUT2D eigenvalue weighted by atomic mass is 10.1. The summed E-state index contributed by atoms with van der Waals surface area (Å²) in [6.45, 7) is 1.37. The number of benzene rings is 2. The van der Waals surface area contributed by atoms with Crippen LogP contribution in [0.3, 0.4) is 0 Å². The first-order valence-corrected chi connectivity index (χ1v) is 9.62. The van der Waals surface area contributed by atoms with Crippen LogP contribution in [0, 0.1) is 0 Å². The number of amides is 1. The van der Waals surface area contributed by atoms with E-state index in [1.54, 1.807) is 61.5 Å². The van der Waals surface area contributed by atoms with Gasteiger partial charge in [-0.2, -0.15) is 5.10 Å². The Labute approximate surface area is 152 Å². The van der Waals surface area contributed by atoms with E-state index in [1.807, 2.05) is 0 Å². The summed E-state index contributed by atoms with van der Waals surface area (Å²) in [7, 11) is -3.60. The molecule has 1 N–H and O–H groups in total. The molecule has 0 aromatic heterocycles. The maximum Gasteiger partial charge on any atom is 0.260 e. The van der Waals surface area contributed by atoms with Crippen molar-refractivity contribution in [3.63, 3.8) is 0 Å². The van der Waals surface area contributed by atoms with Crippen LogP contribution in [0.4, 0.5) is 5.69 Å². The number of hydrazone groups is 1. The van der Waals surface area contributed by atoms with Crippen LogP contribution in [0.1, 0.15) is 12.5 Å². The van der Waals surface area contributed by atoms with Crippen LogP contribution < -0.4 is 9.73 Å². The highest BCUT2D eigenvalue weighted by Gasteiger charge is 2.20. The Morgan fingerprint density at radius 1 is 1.12 bits per heavy atom. The topological polar surface area (TPSA) is 78.8 Å². The van der Waals surface area contributed by atoms with Crippen molar-refractivity contribution in [3.05, 3.63) is 65.2 Å². The molecule has 25 heavy (non-hydrogen) atoms. The van der Waals surface area contributed by atoms with E-state index < -0.39 is 15.9 Å². The second-order valence-electron chi connectivity index (χ2n) is 5.34. The van der Waals surface area contributed by atoms with Crippen molar-refractivity contribution in [2.75, 3.05) is 17.1 Å². The second-order valence-corrected chi connectivity index (χ2v) is 7.69. The molecule has 2 aromatic rings. The number of para-hydroxylation sites is 1. The summed E-state index contributed by atoms with van der Waals surface area (Å²) < 4.78 is 24.9. The molecule has 0 spiro atoms. The van der Waals surface area contributed by atoms with Gasteiger partial charge < -0.3 is 0 Å². The minimum absolute atomic E-state index is 0.361. The Hall–Kier alpha value is -2.38. The highest BCUT2D eigenvalue weighted by Crippen LogP contribution is 2.16. The quantitative estimate of drug-likeness (QED) is 0.619. The number of anilines is 1. The molecule has 0 atom stereocenters. The van der Waals surface area contributed by atoms with Crippen LogP contribution in [-0.2, 0) is 14.8 Å². The fourth-order valence-electron chi connectivity index (χ4n) is 2.06. The predicted octanol–water partition coefficient (Wildman–Crippen LogP) is 2.65. The zero-order valence-electron chi connectivity index (χ0n) is 13.8. The SMILES string of the molecule is C/C(=N/NC(=O)CN(c1ccccc1)S(C)(=O)=O)c1ccc(Cl)cc1. The number of nitrogens with one attached hydrogen (secondary N) is 1. The van der Waals surface area contributed by atoms with Gasteiger partial charge >= 0.3 is 0 Å². The predicted molar refractivity (Wildman–Crippen MR) is 100 cm³/mol. The van der Waals surface area contributed by atoms with Gasteiger partial charge in [-0.25, -0.2) is 13.8 Å². The van der Waals surface area contributed by atoms with Gasteiger partial charge in [0.05, 0.1) is 17.7 Å². The molecule has 0 saturated heterocycles. The largest absolute Gasteiger partial charge is 0.271 e. The molecule has 0 heterocycles. The molecule has 0 aliphatic rings. The molecule has 0 aliphatic carbocycles. The van der Waals surface area contributed by atoms with Gasteiger partial charge in [-0.05, 0) is 36.8 Å². The maximum absolute atomic E-state index is 12.1. The number of sulfonamides is 1. The Morgan fingerprint density at radius 3 is 2.28 bits per heavy atom. The van der Waals surface area contributed by atoms with Crippen LogP contribution in [0.5, 0.6) is 0 Å². The summed E-state index contributed by atoms with van der Waals surface area (Å²) in [5, 5.41) is 4.61.